The van der Waals surface area contributed by atoms with Gasteiger partial charge < -0.3 is 10.6 Å². The number of likely N-dealkylation sites (tertiary alicyclic amines) is 1. The van der Waals surface area contributed by atoms with Crippen LogP contribution in [0.25, 0.3) is 0 Å². The molecule has 3 rings (SSSR count). The first-order valence-electron chi connectivity index (χ1n) is 10.4. The number of rotatable bonds is 7. The fraction of sp³-hybridized carbons (Fsp3) is 0.545. The smallest absolute Gasteiger partial charge is 0.191 e. The van der Waals surface area contributed by atoms with E-state index in [9.17, 15) is 0 Å². The van der Waals surface area contributed by atoms with Crippen LogP contribution >= 0.6 is 35.3 Å². The summed E-state index contributed by atoms with van der Waals surface area (Å²) < 4.78 is 0. The van der Waals surface area contributed by atoms with Gasteiger partial charge in [0, 0.05) is 37.3 Å². The second kappa shape index (κ2) is 12.5. The Balaban J connectivity index is 0.00000300. The van der Waals surface area contributed by atoms with Crippen LogP contribution in [0.4, 0.5) is 0 Å². The van der Waals surface area contributed by atoms with Crippen LogP contribution in [0.2, 0.25) is 0 Å². The predicted molar refractivity (Wildman–Crippen MR) is 134 cm³/mol. The Morgan fingerprint density at radius 2 is 1.90 bits per heavy atom. The molecular weight excluding hydrogens is 493 g/mol. The molecule has 1 atom stereocenters. The van der Waals surface area contributed by atoms with Crippen molar-refractivity contribution in [1.82, 2.24) is 20.5 Å². The highest BCUT2D eigenvalue weighted by Gasteiger charge is 2.17. The van der Waals surface area contributed by atoms with Crippen LogP contribution in [-0.4, -0.2) is 35.5 Å². The number of hydrogen-bond donors (Lipinski definition) is 2. The average molecular weight is 528 g/mol. The minimum absolute atomic E-state index is 0. The highest BCUT2D eigenvalue weighted by Crippen LogP contribution is 2.19. The van der Waals surface area contributed by atoms with Gasteiger partial charge in [0.25, 0.3) is 0 Å². The Morgan fingerprint density at radius 3 is 2.55 bits per heavy atom. The maximum atomic E-state index is 4.44. The largest absolute Gasteiger partial charge is 0.352 e. The highest BCUT2D eigenvalue weighted by atomic mass is 127. The number of thiazole rings is 1. The van der Waals surface area contributed by atoms with Gasteiger partial charge in [-0.25, -0.2) is 4.98 Å². The molecule has 2 N–H and O–H groups in total. The number of aromatic nitrogens is 1. The van der Waals surface area contributed by atoms with Crippen LogP contribution in [0.5, 0.6) is 0 Å². The fourth-order valence-electron chi connectivity index (χ4n) is 3.55. The zero-order valence-corrected chi connectivity index (χ0v) is 20.9. The zero-order chi connectivity index (χ0) is 19.8. The third-order valence-corrected chi connectivity index (χ3v) is 6.53. The van der Waals surface area contributed by atoms with Gasteiger partial charge in [-0.2, -0.15) is 0 Å². The quantitative estimate of drug-likeness (QED) is 0.315. The third-order valence-electron chi connectivity index (χ3n) is 5.39. The molecule has 1 aromatic heterocycles. The van der Waals surface area contributed by atoms with Crippen molar-refractivity contribution in [1.29, 1.82) is 0 Å². The van der Waals surface area contributed by atoms with Crippen LogP contribution in [0.3, 0.4) is 0 Å². The summed E-state index contributed by atoms with van der Waals surface area (Å²) in [5, 5.41) is 7.83. The van der Waals surface area contributed by atoms with Crippen molar-refractivity contribution >= 4 is 41.3 Å². The monoisotopic (exact) mass is 527 g/mol. The van der Waals surface area contributed by atoms with Crippen LogP contribution in [-0.2, 0) is 26.1 Å². The number of halogens is 1. The Morgan fingerprint density at radius 1 is 1.17 bits per heavy atom. The minimum Gasteiger partial charge on any atom is -0.352 e. The molecule has 1 aromatic carbocycles. The van der Waals surface area contributed by atoms with Gasteiger partial charge in [0.05, 0.1) is 6.54 Å². The van der Waals surface area contributed by atoms with E-state index in [1.807, 2.05) is 6.20 Å². The van der Waals surface area contributed by atoms with E-state index in [4.69, 9.17) is 0 Å². The molecule has 29 heavy (non-hydrogen) atoms. The van der Waals surface area contributed by atoms with Crippen LogP contribution < -0.4 is 10.6 Å². The van der Waals surface area contributed by atoms with Crippen LogP contribution in [0.1, 0.15) is 54.1 Å². The standard InChI is InChI=1S/C22H33N5S.HI/c1-4-20-14-24-21(28-20)15-26-22(23-3)25-13-18-8-10-19(11-9-18)16-27-12-6-5-7-17(27)2;/h8-11,14,17H,4-7,12-13,15-16H2,1-3H3,(H2,23,25,26);1H. The molecule has 1 aliphatic rings. The number of benzene rings is 1. The lowest BCUT2D eigenvalue weighted by Crippen LogP contribution is -2.36. The number of nitrogens with one attached hydrogen (secondary N) is 2. The highest BCUT2D eigenvalue weighted by molar-refractivity contribution is 14.0. The second-order valence-electron chi connectivity index (χ2n) is 7.48. The lowest BCUT2D eigenvalue weighted by molar-refractivity contribution is 0.152. The van der Waals surface area contributed by atoms with E-state index < -0.39 is 0 Å². The summed E-state index contributed by atoms with van der Waals surface area (Å²) >= 11 is 1.76. The molecular formula is C22H34IN5S. The molecule has 0 saturated carbocycles. The number of aryl methyl sites for hydroxylation is 1. The first-order chi connectivity index (χ1) is 13.7. The molecule has 1 fully saturated rings. The Hall–Kier alpha value is -1.19. The molecule has 0 spiro atoms. The van der Waals surface area contributed by atoms with Gasteiger partial charge in [0.2, 0.25) is 0 Å². The van der Waals surface area contributed by atoms with Crippen molar-refractivity contribution in [2.24, 2.45) is 4.99 Å². The van der Waals surface area contributed by atoms with E-state index in [0.29, 0.717) is 12.6 Å². The van der Waals surface area contributed by atoms with Gasteiger partial charge >= 0.3 is 0 Å². The first-order valence-corrected chi connectivity index (χ1v) is 11.2. The van der Waals surface area contributed by atoms with Crippen molar-refractivity contribution in [3.63, 3.8) is 0 Å². The SMILES string of the molecule is CCc1cnc(CNC(=NC)NCc2ccc(CN3CCCCC3C)cc2)s1.I. The molecule has 0 radical (unpaired) electrons. The van der Waals surface area contributed by atoms with Gasteiger partial charge in [-0.1, -0.05) is 37.6 Å². The van der Waals surface area contributed by atoms with Gasteiger partial charge in [0.15, 0.2) is 5.96 Å². The molecule has 0 amide bonds. The van der Waals surface area contributed by atoms with Crippen LogP contribution in [0, 0.1) is 0 Å². The van der Waals surface area contributed by atoms with E-state index in [1.165, 1.54) is 41.8 Å². The maximum absolute atomic E-state index is 4.44. The number of guanidine groups is 1. The summed E-state index contributed by atoms with van der Waals surface area (Å²) in [6, 6.07) is 9.67. The maximum Gasteiger partial charge on any atom is 0.191 e. The molecule has 1 aliphatic heterocycles. The van der Waals surface area contributed by atoms with Crippen molar-refractivity contribution < 1.29 is 0 Å². The van der Waals surface area contributed by atoms with E-state index >= 15 is 0 Å². The van der Waals surface area contributed by atoms with E-state index in [2.05, 4.69) is 63.6 Å². The lowest BCUT2D eigenvalue weighted by Gasteiger charge is -2.33. The van der Waals surface area contributed by atoms with Gasteiger partial charge in [-0.3, -0.25) is 9.89 Å². The second-order valence-corrected chi connectivity index (χ2v) is 8.68. The summed E-state index contributed by atoms with van der Waals surface area (Å²) in [5.74, 6) is 0.805. The Kier molecular flexibility index (Phi) is 10.4. The predicted octanol–water partition coefficient (Wildman–Crippen LogP) is 4.56. The topological polar surface area (TPSA) is 52.6 Å². The van der Waals surface area contributed by atoms with Gasteiger partial charge in [0.1, 0.15) is 5.01 Å². The average Bonchev–Trinajstić information content (AvgIpc) is 3.19. The van der Waals surface area contributed by atoms with E-state index in [-0.39, 0.29) is 24.0 Å². The van der Waals surface area contributed by atoms with E-state index in [1.54, 1.807) is 18.4 Å². The number of nitrogens with zero attached hydrogens (tertiary/aromatic N) is 3. The van der Waals surface area contributed by atoms with Gasteiger partial charge in [-0.05, 0) is 43.9 Å². The van der Waals surface area contributed by atoms with E-state index in [0.717, 1.165) is 30.5 Å². The number of aliphatic imine (C=N–C) groups is 1. The third kappa shape index (κ3) is 7.53. The fourth-order valence-corrected chi connectivity index (χ4v) is 4.35. The summed E-state index contributed by atoms with van der Waals surface area (Å²) in [7, 11) is 1.80. The summed E-state index contributed by atoms with van der Waals surface area (Å²) in [6.07, 6.45) is 7.04. The molecule has 0 aliphatic carbocycles. The van der Waals surface area contributed by atoms with Crippen molar-refractivity contribution in [3.05, 3.63) is 51.5 Å². The van der Waals surface area contributed by atoms with Crippen LogP contribution in [0.15, 0.2) is 35.5 Å². The lowest BCUT2D eigenvalue weighted by atomic mass is 10.0. The molecule has 2 aromatic rings. The van der Waals surface area contributed by atoms with Gasteiger partial charge in [-0.15, -0.1) is 35.3 Å². The van der Waals surface area contributed by atoms with Crippen molar-refractivity contribution in [3.8, 4) is 0 Å². The molecule has 2 heterocycles. The Labute approximate surface area is 196 Å². The minimum atomic E-state index is 0. The summed E-state index contributed by atoms with van der Waals surface area (Å²) in [5.41, 5.74) is 2.66. The summed E-state index contributed by atoms with van der Waals surface area (Å²) in [6.45, 7) is 8.26. The zero-order valence-electron chi connectivity index (χ0n) is 17.8. The van der Waals surface area contributed by atoms with Crippen molar-refractivity contribution in [2.75, 3.05) is 13.6 Å². The molecule has 0 bridgehead atoms. The number of piperidine rings is 1. The van der Waals surface area contributed by atoms with Crippen molar-refractivity contribution in [2.45, 2.75) is 65.2 Å². The summed E-state index contributed by atoms with van der Waals surface area (Å²) in [4.78, 5) is 12.7. The molecule has 1 saturated heterocycles. The molecule has 7 heteroatoms. The Bertz CT molecular complexity index is 759. The molecule has 5 nitrogen and oxygen atoms in total. The number of hydrogen-bond acceptors (Lipinski definition) is 4. The molecule has 160 valence electrons. The molecule has 1 unspecified atom stereocenters. The first kappa shape index (κ1) is 24.1. The normalized spacial score (nSPS) is 17.6.